The zero-order valence-electron chi connectivity index (χ0n) is 9.83. The van der Waals surface area contributed by atoms with Gasteiger partial charge in [-0.15, -0.1) is 10.2 Å². The van der Waals surface area contributed by atoms with Crippen LogP contribution in [-0.4, -0.2) is 16.0 Å². The SMILES string of the molecule is CCC(=O)C(C#N)c1nnc(-c2ccccc2)s1. The Labute approximate surface area is 109 Å². The summed E-state index contributed by atoms with van der Waals surface area (Å²) in [6, 6.07) is 11.6. The lowest BCUT2D eigenvalue weighted by atomic mass is 10.1. The third kappa shape index (κ3) is 2.44. The topological polar surface area (TPSA) is 66.6 Å². The highest BCUT2D eigenvalue weighted by Crippen LogP contribution is 2.28. The highest BCUT2D eigenvalue weighted by Gasteiger charge is 2.23. The summed E-state index contributed by atoms with van der Waals surface area (Å²) >= 11 is 1.30. The molecule has 0 N–H and O–H groups in total. The molecule has 1 unspecified atom stereocenters. The molecule has 0 aliphatic rings. The Bertz CT molecular complexity index is 586. The van der Waals surface area contributed by atoms with Crippen molar-refractivity contribution in [2.24, 2.45) is 0 Å². The number of hydrogen-bond acceptors (Lipinski definition) is 5. The lowest BCUT2D eigenvalue weighted by molar-refractivity contribution is -0.119. The van der Waals surface area contributed by atoms with Crippen molar-refractivity contribution in [3.05, 3.63) is 35.3 Å². The highest BCUT2D eigenvalue weighted by atomic mass is 32.1. The quantitative estimate of drug-likeness (QED) is 0.844. The van der Waals surface area contributed by atoms with Crippen LogP contribution in [0.1, 0.15) is 24.3 Å². The van der Waals surface area contributed by atoms with Crippen LogP contribution in [0.15, 0.2) is 30.3 Å². The molecule has 0 aliphatic heterocycles. The molecule has 1 heterocycles. The Hall–Kier alpha value is -2.06. The van der Waals surface area contributed by atoms with Crippen molar-refractivity contribution in [2.45, 2.75) is 19.3 Å². The number of carbonyl (C=O) groups is 1. The Kier molecular flexibility index (Phi) is 3.80. The minimum Gasteiger partial charge on any atom is -0.298 e. The number of nitrogens with zero attached hydrogens (tertiary/aromatic N) is 3. The second kappa shape index (κ2) is 5.52. The summed E-state index contributed by atoms with van der Waals surface area (Å²) in [5.74, 6) is -0.904. The monoisotopic (exact) mass is 257 g/mol. The molecule has 4 nitrogen and oxygen atoms in total. The lowest BCUT2D eigenvalue weighted by Gasteiger charge is -1.99. The number of Topliss-reactive ketones (excluding diaryl/α,β-unsaturated/α-hetero) is 1. The van der Waals surface area contributed by atoms with Gasteiger partial charge in [0.25, 0.3) is 0 Å². The van der Waals surface area contributed by atoms with Gasteiger partial charge in [0, 0.05) is 12.0 Å². The van der Waals surface area contributed by atoms with E-state index in [1.54, 1.807) is 6.92 Å². The van der Waals surface area contributed by atoms with E-state index >= 15 is 0 Å². The van der Waals surface area contributed by atoms with Gasteiger partial charge in [0.15, 0.2) is 11.7 Å². The zero-order valence-corrected chi connectivity index (χ0v) is 10.6. The summed E-state index contributed by atoms with van der Waals surface area (Å²) in [5.41, 5.74) is 0.946. The first-order valence-corrected chi connectivity index (χ1v) is 6.39. The normalized spacial score (nSPS) is 11.8. The van der Waals surface area contributed by atoms with Crippen molar-refractivity contribution >= 4 is 17.1 Å². The summed E-state index contributed by atoms with van der Waals surface area (Å²) in [5, 5.41) is 18.2. The van der Waals surface area contributed by atoms with Gasteiger partial charge in [-0.1, -0.05) is 48.6 Å². The maximum absolute atomic E-state index is 11.6. The molecular weight excluding hydrogens is 246 g/mol. The molecule has 0 aliphatic carbocycles. The lowest BCUT2D eigenvalue weighted by Crippen LogP contribution is -2.08. The molecule has 0 amide bonds. The second-order valence-corrected chi connectivity index (χ2v) is 4.70. The fraction of sp³-hybridized carbons (Fsp3) is 0.231. The average molecular weight is 257 g/mol. The fourth-order valence-corrected chi connectivity index (χ4v) is 2.44. The Balaban J connectivity index is 2.31. The smallest absolute Gasteiger partial charge is 0.158 e. The van der Waals surface area contributed by atoms with E-state index in [2.05, 4.69) is 10.2 Å². The van der Waals surface area contributed by atoms with Gasteiger partial charge in [0.1, 0.15) is 10.0 Å². The van der Waals surface area contributed by atoms with E-state index in [1.165, 1.54) is 11.3 Å². The number of rotatable bonds is 4. The number of hydrogen-bond donors (Lipinski definition) is 0. The Morgan fingerprint density at radius 3 is 2.72 bits per heavy atom. The molecule has 2 rings (SSSR count). The first kappa shape index (κ1) is 12.4. The average Bonchev–Trinajstić information content (AvgIpc) is 2.90. The number of benzene rings is 1. The minimum absolute atomic E-state index is 0.117. The molecule has 18 heavy (non-hydrogen) atoms. The molecule has 0 spiro atoms. The number of nitriles is 1. The van der Waals surface area contributed by atoms with Gasteiger partial charge in [-0.3, -0.25) is 4.79 Å². The van der Waals surface area contributed by atoms with Crippen molar-refractivity contribution in [1.82, 2.24) is 10.2 Å². The molecular formula is C13H11N3OS. The largest absolute Gasteiger partial charge is 0.298 e. The standard InChI is InChI=1S/C13H11N3OS/c1-2-11(17)10(8-14)13-16-15-12(18-13)9-6-4-3-5-7-9/h3-7,10H,2H2,1H3. The number of aromatic nitrogens is 2. The predicted octanol–water partition coefficient (Wildman–Crippen LogP) is 2.79. The maximum atomic E-state index is 11.6. The summed E-state index contributed by atoms with van der Waals surface area (Å²) < 4.78 is 0. The molecule has 0 radical (unpaired) electrons. The van der Waals surface area contributed by atoms with Crippen LogP contribution < -0.4 is 0 Å². The van der Waals surface area contributed by atoms with Gasteiger partial charge in [-0.25, -0.2) is 0 Å². The molecule has 0 saturated heterocycles. The van der Waals surface area contributed by atoms with Crippen LogP contribution in [0, 0.1) is 11.3 Å². The highest BCUT2D eigenvalue weighted by molar-refractivity contribution is 7.14. The summed E-state index contributed by atoms with van der Waals surface area (Å²) in [6.45, 7) is 1.74. The van der Waals surface area contributed by atoms with Gasteiger partial charge in [0.05, 0.1) is 6.07 Å². The first-order valence-electron chi connectivity index (χ1n) is 5.57. The van der Waals surface area contributed by atoms with Crippen LogP contribution in [0.4, 0.5) is 0 Å². The van der Waals surface area contributed by atoms with Gasteiger partial charge in [0.2, 0.25) is 0 Å². The summed E-state index contributed by atoms with van der Waals surface area (Å²) in [4.78, 5) is 11.6. The number of carbonyl (C=O) groups excluding carboxylic acids is 1. The molecule has 0 saturated carbocycles. The fourth-order valence-electron chi connectivity index (χ4n) is 1.52. The van der Waals surface area contributed by atoms with E-state index in [9.17, 15) is 4.79 Å². The second-order valence-electron chi connectivity index (χ2n) is 3.69. The molecule has 0 bridgehead atoms. The Morgan fingerprint density at radius 1 is 1.39 bits per heavy atom. The van der Waals surface area contributed by atoms with Crippen LogP contribution in [0.5, 0.6) is 0 Å². The van der Waals surface area contributed by atoms with E-state index in [-0.39, 0.29) is 5.78 Å². The van der Waals surface area contributed by atoms with Gasteiger partial charge in [-0.05, 0) is 0 Å². The number of ketones is 1. The van der Waals surface area contributed by atoms with Crippen molar-refractivity contribution in [1.29, 1.82) is 5.26 Å². The van der Waals surface area contributed by atoms with Crippen LogP contribution in [0.2, 0.25) is 0 Å². The van der Waals surface area contributed by atoms with Crippen LogP contribution in [-0.2, 0) is 4.79 Å². The molecule has 90 valence electrons. The first-order chi connectivity index (χ1) is 8.76. The minimum atomic E-state index is -0.787. The van der Waals surface area contributed by atoms with Crippen molar-refractivity contribution in [3.63, 3.8) is 0 Å². The maximum Gasteiger partial charge on any atom is 0.158 e. The Morgan fingerprint density at radius 2 is 2.11 bits per heavy atom. The third-order valence-electron chi connectivity index (χ3n) is 2.51. The van der Waals surface area contributed by atoms with Gasteiger partial charge >= 0.3 is 0 Å². The van der Waals surface area contributed by atoms with Gasteiger partial charge in [-0.2, -0.15) is 5.26 Å². The van der Waals surface area contributed by atoms with Crippen molar-refractivity contribution in [3.8, 4) is 16.6 Å². The summed E-state index contributed by atoms with van der Waals surface area (Å²) in [7, 11) is 0. The molecule has 2 aromatic rings. The summed E-state index contributed by atoms with van der Waals surface area (Å²) in [6.07, 6.45) is 0.332. The molecule has 0 fully saturated rings. The third-order valence-corrected chi connectivity index (χ3v) is 3.55. The van der Waals surface area contributed by atoms with Crippen LogP contribution in [0.3, 0.4) is 0 Å². The van der Waals surface area contributed by atoms with Crippen LogP contribution in [0.25, 0.3) is 10.6 Å². The van der Waals surface area contributed by atoms with E-state index in [0.717, 1.165) is 10.6 Å². The van der Waals surface area contributed by atoms with E-state index in [0.29, 0.717) is 11.4 Å². The van der Waals surface area contributed by atoms with Crippen LogP contribution >= 0.6 is 11.3 Å². The van der Waals surface area contributed by atoms with Crippen molar-refractivity contribution in [2.75, 3.05) is 0 Å². The molecule has 1 atom stereocenters. The van der Waals surface area contributed by atoms with Gasteiger partial charge < -0.3 is 0 Å². The predicted molar refractivity (Wildman–Crippen MR) is 69.0 cm³/mol. The van der Waals surface area contributed by atoms with E-state index < -0.39 is 5.92 Å². The molecule has 1 aromatic heterocycles. The zero-order chi connectivity index (χ0) is 13.0. The van der Waals surface area contributed by atoms with E-state index in [4.69, 9.17) is 5.26 Å². The molecule has 1 aromatic carbocycles. The molecule has 5 heteroatoms. The van der Waals surface area contributed by atoms with Crippen molar-refractivity contribution < 1.29 is 4.79 Å². The van der Waals surface area contributed by atoms with E-state index in [1.807, 2.05) is 36.4 Å².